The highest BCUT2D eigenvalue weighted by molar-refractivity contribution is 4.83. The number of hydrogen-bond donors (Lipinski definition) is 3. The van der Waals surface area contributed by atoms with Crippen LogP contribution in [-0.4, -0.2) is 46.3 Å². The van der Waals surface area contributed by atoms with Crippen LogP contribution in [0.1, 0.15) is 13.3 Å². The molecule has 3 N–H and O–H groups in total. The van der Waals surface area contributed by atoms with E-state index in [0.29, 0.717) is 6.42 Å². The van der Waals surface area contributed by atoms with Gasteiger partial charge in [-0.15, -0.1) is 0 Å². The Kier molecular flexibility index (Phi) is 2.84. The van der Waals surface area contributed by atoms with Crippen LogP contribution >= 0.6 is 0 Å². The normalized spacial score (nSPS) is 45.8. The fourth-order valence-corrected chi connectivity index (χ4v) is 1.31. The van der Waals surface area contributed by atoms with Crippen molar-refractivity contribution in [2.75, 3.05) is 6.61 Å². The minimum absolute atomic E-state index is 0.0921. The monoisotopic (exact) mass is 162 g/mol. The van der Waals surface area contributed by atoms with Crippen molar-refractivity contribution in [3.8, 4) is 0 Å². The second-order valence-corrected chi connectivity index (χ2v) is 2.96. The van der Waals surface area contributed by atoms with E-state index in [-0.39, 0.29) is 12.7 Å². The summed E-state index contributed by atoms with van der Waals surface area (Å²) in [5.74, 6) is 0. The lowest BCUT2D eigenvalue weighted by Crippen LogP contribution is -2.49. The van der Waals surface area contributed by atoms with E-state index in [4.69, 9.17) is 9.84 Å². The topological polar surface area (TPSA) is 69.9 Å². The van der Waals surface area contributed by atoms with Crippen molar-refractivity contribution in [3.63, 3.8) is 0 Å². The van der Waals surface area contributed by atoms with Gasteiger partial charge in [0.25, 0.3) is 0 Å². The molecule has 11 heavy (non-hydrogen) atoms. The standard InChI is InChI=1S/C7H14O4/c1-4-2-5(9)7(10)6(3-8)11-4/h4-10H,2-3H2,1H3/t4-,5+,6?,7?/m0/s1. The van der Waals surface area contributed by atoms with E-state index >= 15 is 0 Å². The first-order valence-electron chi connectivity index (χ1n) is 3.77. The molecule has 1 aliphatic rings. The second kappa shape index (κ2) is 3.49. The minimum Gasteiger partial charge on any atom is -0.394 e. The summed E-state index contributed by atoms with van der Waals surface area (Å²) >= 11 is 0. The molecule has 0 bridgehead atoms. The molecule has 0 saturated carbocycles. The Labute approximate surface area is 65.4 Å². The van der Waals surface area contributed by atoms with E-state index < -0.39 is 18.3 Å². The highest BCUT2D eigenvalue weighted by Gasteiger charge is 2.34. The zero-order chi connectivity index (χ0) is 8.43. The molecule has 0 aromatic heterocycles. The maximum Gasteiger partial charge on any atom is 0.109 e. The van der Waals surface area contributed by atoms with Crippen LogP contribution < -0.4 is 0 Å². The number of ether oxygens (including phenoxy) is 1. The molecule has 66 valence electrons. The van der Waals surface area contributed by atoms with Gasteiger partial charge in [0, 0.05) is 6.42 Å². The van der Waals surface area contributed by atoms with E-state index in [1.165, 1.54) is 0 Å². The van der Waals surface area contributed by atoms with Crippen molar-refractivity contribution in [1.29, 1.82) is 0 Å². The Hall–Kier alpha value is -0.160. The first-order chi connectivity index (χ1) is 5.15. The van der Waals surface area contributed by atoms with Gasteiger partial charge in [-0.05, 0) is 6.92 Å². The molecule has 1 saturated heterocycles. The molecule has 0 aliphatic carbocycles. The van der Waals surface area contributed by atoms with E-state index in [1.54, 1.807) is 6.92 Å². The zero-order valence-corrected chi connectivity index (χ0v) is 6.47. The first-order valence-corrected chi connectivity index (χ1v) is 3.77. The SMILES string of the molecule is C[C@H]1C[C@@H](O)C(O)C(CO)O1. The van der Waals surface area contributed by atoms with Gasteiger partial charge in [-0.25, -0.2) is 0 Å². The second-order valence-electron chi connectivity index (χ2n) is 2.96. The number of aliphatic hydroxyl groups excluding tert-OH is 3. The Balaban J connectivity index is 2.51. The van der Waals surface area contributed by atoms with Crippen LogP contribution in [0.25, 0.3) is 0 Å². The lowest BCUT2D eigenvalue weighted by atomic mass is 9.99. The van der Waals surface area contributed by atoms with Gasteiger partial charge in [0.15, 0.2) is 0 Å². The highest BCUT2D eigenvalue weighted by Crippen LogP contribution is 2.19. The van der Waals surface area contributed by atoms with Gasteiger partial charge in [0.1, 0.15) is 12.2 Å². The molecule has 1 aliphatic heterocycles. The van der Waals surface area contributed by atoms with Crippen LogP contribution in [0.15, 0.2) is 0 Å². The molecule has 1 rings (SSSR count). The predicted octanol–water partition coefficient (Wildman–Crippen LogP) is -1.12. The van der Waals surface area contributed by atoms with E-state index in [0.717, 1.165) is 0 Å². The van der Waals surface area contributed by atoms with Crippen LogP contribution in [0.4, 0.5) is 0 Å². The summed E-state index contributed by atoms with van der Waals surface area (Å²) in [6.07, 6.45) is -2.01. The molecule has 1 heterocycles. The summed E-state index contributed by atoms with van der Waals surface area (Å²) in [6.45, 7) is 1.56. The van der Waals surface area contributed by atoms with Crippen molar-refractivity contribution in [2.45, 2.75) is 37.8 Å². The van der Waals surface area contributed by atoms with Crippen molar-refractivity contribution in [3.05, 3.63) is 0 Å². The number of rotatable bonds is 1. The molecule has 0 aromatic rings. The Morgan fingerprint density at radius 1 is 1.45 bits per heavy atom. The van der Waals surface area contributed by atoms with Crippen LogP contribution in [0.5, 0.6) is 0 Å². The summed E-state index contributed by atoms with van der Waals surface area (Å²) in [5, 5.41) is 27.1. The average molecular weight is 162 g/mol. The molecule has 1 fully saturated rings. The highest BCUT2D eigenvalue weighted by atomic mass is 16.5. The quantitative estimate of drug-likeness (QED) is 0.456. The third-order valence-corrected chi connectivity index (χ3v) is 1.94. The molecule has 4 atom stereocenters. The molecule has 0 spiro atoms. The smallest absolute Gasteiger partial charge is 0.109 e. The van der Waals surface area contributed by atoms with Gasteiger partial charge >= 0.3 is 0 Å². The molecule has 4 nitrogen and oxygen atoms in total. The average Bonchev–Trinajstić information content (AvgIpc) is 1.96. The van der Waals surface area contributed by atoms with Gasteiger partial charge in [0.2, 0.25) is 0 Å². The minimum atomic E-state index is -0.948. The van der Waals surface area contributed by atoms with Gasteiger partial charge in [-0.1, -0.05) is 0 Å². The molecule has 4 heteroatoms. The van der Waals surface area contributed by atoms with Gasteiger partial charge in [-0.3, -0.25) is 0 Å². The third kappa shape index (κ3) is 1.90. The third-order valence-electron chi connectivity index (χ3n) is 1.94. The van der Waals surface area contributed by atoms with Crippen molar-refractivity contribution < 1.29 is 20.1 Å². The number of hydrogen-bond acceptors (Lipinski definition) is 4. The Bertz CT molecular complexity index is 128. The van der Waals surface area contributed by atoms with Crippen molar-refractivity contribution in [1.82, 2.24) is 0 Å². The lowest BCUT2D eigenvalue weighted by molar-refractivity contribution is -0.174. The fourth-order valence-electron chi connectivity index (χ4n) is 1.31. The Morgan fingerprint density at radius 2 is 2.09 bits per heavy atom. The molecule has 2 unspecified atom stereocenters. The zero-order valence-electron chi connectivity index (χ0n) is 6.47. The summed E-state index contributed by atoms with van der Waals surface area (Å²) in [6, 6.07) is 0. The van der Waals surface area contributed by atoms with E-state index in [2.05, 4.69) is 0 Å². The molecule has 0 aromatic carbocycles. The summed E-state index contributed by atoms with van der Waals surface area (Å²) < 4.78 is 5.16. The molecular weight excluding hydrogens is 148 g/mol. The summed E-state index contributed by atoms with van der Waals surface area (Å²) in [5.41, 5.74) is 0. The number of aliphatic hydroxyl groups is 3. The summed E-state index contributed by atoms with van der Waals surface area (Å²) in [7, 11) is 0. The lowest BCUT2D eigenvalue weighted by Gasteiger charge is -2.34. The summed E-state index contributed by atoms with van der Waals surface area (Å²) in [4.78, 5) is 0. The maximum atomic E-state index is 9.22. The Morgan fingerprint density at radius 3 is 2.64 bits per heavy atom. The van der Waals surface area contributed by atoms with Crippen LogP contribution in [-0.2, 0) is 4.74 Å². The largest absolute Gasteiger partial charge is 0.394 e. The van der Waals surface area contributed by atoms with E-state index in [9.17, 15) is 10.2 Å². The van der Waals surface area contributed by atoms with E-state index in [1.807, 2.05) is 0 Å². The first kappa shape index (κ1) is 8.93. The van der Waals surface area contributed by atoms with Crippen molar-refractivity contribution >= 4 is 0 Å². The van der Waals surface area contributed by atoms with Gasteiger partial charge < -0.3 is 20.1 Å². The van der Waals surface area contributed by atoms with Crippen LogP contribution in [0.3, 0.4) is 0 Å². The fraction of sp³-hybridized carbons (Fsp3) is 1.00. The van der Waals surface area contributed by atoms with Gasteiger partial charge in [0.05, 0.1) is 18.8 Å². The molecule has 0 amide bonds. The molecular formula is C7H14O4. The van der Waals surface area contributed by atoms with Gasteiger partial charge in [-0.2, -0.15) is 0 Å². The maximum absolute atomic E-state index is 9.22. The van der Waals surface area contributed by atoms with Crippen LogP contribution in [0, 0.1) is 0 Å². The predicted molar refractivity (Wildman–Crippen MR) is 38.1 cm³/mol. The molecule has 0 radical (unpaired) electrons. The van der Waals surface area contributed by atoms with Crippen molar-refractivity contribution in [2.24, 2.45) is 0 Å². The van der Waals surface area contributed by atoms with Crippen LogP contribution in [0.2, 0.25) is 0 Å².